The zero-order chi connectivity index (χ0) is 13.8. The van der Waals surface area contributed by atoms with E-state index in [0.29, 0.717) is 11.1 Å². The summed E-state index contributed by atoms with van der Waals surface area (Å²) in [6.45, 7) is 2.25. The van der Waals surface area contributed by atoms with Crippen LogP contribution in [0.4, 0.5) is 4.39 Å². The van der Waals surface area contributed by atoms with Crippen LogP contribution in [0.25, 0.3) is 0 Å². The van der Waals surface area contributed by atoms with Crippen molar-refractivity contribution < 1.29 is 9.13 Å². The van der Waals surface area contributed by atoms with Crippen molar-refractivity contribution >= 4 is 15.9 Å². The summed E-state index contributed by atoms with van der Waals surface area (Å²) in [6.07, 6.45) is 0. The van der Waals surface area contributed by atoms with Crippen molar-refractivity contribution in [1.82, 2.24) is 0 Å². The number of hydrogen-bond donors (Lipinski definition) is 1. The number of halogens is 2. The summed E-state index contributed by atoms with van der Waals surface area (Å²) in [4.78, 5) is 0. The maximum Gasteiger partial charge on any atom is 0.137 e. The second-order valence-electron chi connectivity index (χ2n) is 4.36. The molecule has 2 aromatic rings. The molecular formula is C15H15BrFNO. The molecule has 1 atom stereocenters. The average Bonchev–Trinajstić information content (AvgIpc) is 2.41. The molecule has 0 bridgehead atoms. The molecule has 19 heavy (non-hydrogen) atoms. The lowest BCUT2D eigenvalue weighted by Gasteiger charge is -2.10. The van der Waals surface area contributed by atoms with E-state index in [-0.39, 0.29) is 11.9 Å². The van der Waals surface area contributed by atoms with Gasteiger partial charge in [0.2, 0.25) is 0 Å². The third-order valence-corrected chi connectivity index (χ3v) is 3.72. The summed E-state index contributed by atoms with van der Waals surface area (Å²) in [5.41, 5.74) is 7.61. The highest BCUT2D eigenvalue weighted by molar-refractivity contribution is 9.10. The third kappa shape index (κ3) is 3.55. The second kappa shape index (κ2) is 6.17. The highest BCUT2D eigenvalue weighted by Crippen LogP contribution is 2.23. The van der Waals surface area contributed by atoms with Gasteiger partial charge in [-0.2, -0.15) is 0 Å². The van der Waals surface area contributed by atoms with Crippen LogP contribution < -0.4 is 10.5 Å². The number of nitrogens with two attached hydrogens (primary N) is 1. The quantitative estimate of drug-likeness (QED) is 0.915. The number of hydrogen-bond acceptors (Lipinski definition) is 2. The van der Waals surface area contributed by atoms with Crippen molar-refractivity contribution in [2.24, 2.45) is 5.73 Å². The van der Waals surface area contributed by atoms with E-state index in [2.05, 4.69) is 15.9 Å². The van der Waals surface area contributed by atoms with Gasteiger partial charge in [0.05, 0.1) is 4.47 Å². The maximum atomic E-state index is 13.3. The van der Waals surface area contributed by atoms with Crippen LogP contribution in [-0.2, 0) is 6.61 Å². The monoisotopic (exact) mass is 323 g/mol. The van der Waals surface area contributed by atoms with Crippen molar-refractivity contribution in [1.29, 1.82) is 0 Å². The lowest BCUT2D eigenvalue weighted by atomic mass is 10.1. The standard InChI is InChI=1S/C15H15BrFNO/c1-10(18)11-5-7-13(8-6-11)19-9-12-3-2-4-14(17)15(12)16/h2-8,10H,9,18H2,1H3/t10-/m0/s1. The molecular weight excluding hydrogens is 309 g/mol. The fraction of sp³-hybridized carbons (Fsp3) is 0.200. The first-order chi connectivity index (χ1) is 9.08. The Balaban J connectivity index is 2.04. The van der Waals surface area contributed by atoms with Crippen LogP contribution in [-0.4, -0.2) is 0 Å². The summed E-state index contributed by atoms with van der Waals surface area (Å²) in [7, 11) is 0. The lowest BCUT2D eigenvalue weighted by molar-refractivity contribution is 0.304. The molecule has 4 heteroatoms. The molecule has 2 aromatic carbocycles. The summed E-state index contributed by atoms with van der Waals surface area (Å²) in [5, 5.41) is 0. The molecule has 0 aliphatic heterocycles. The predicted octanol–water partition coefficient (Wildman–Crippen LogP) is 4.19. The van der Waals surface area contributed by atoms with Gasteiger partial charge >= 0.3 is 0 Å². The summed E-state index contributed by atoms with van der Waals surface area (Å²) >= 11 is 3.21. The largest absolute Gasteiger partial charge is 0.489 e. The SMILES string of the molecule is C[C@H](N)c1ccc(OCc2cccc(F)c2Br)cc1. The average molecular weight is 324 g/mol. The summed E-state index contributed by atoms with van der Waals surface area (Å²) in [6, 6.07) is 12.5. The second-order valence-corrected chi connectivity index (χ2v) is 5.15. The molecule has 2 rings (SSSR count). The van der Waals surface area contributed by atoms with Gasteiger partial charge in [0.1, 0.15) is 18.2 Å². The molecule has 0 unspecified atom stereocenters. The van der Waals surface area contributed by atoms with Crippen molar-refractivity contribution in [3.05, 3.63) is 63.9 Å². The van der Waals surface area contributed by atoms with E-state index in [1.54, 1.807) is 6.07 Å². The van der Waals surface area contributed by atoms with Crippen molar-refractivity contribution in [2.75, 3.05) is 0 Å². The zero-order valence-corrected chi connectivity index (χ0v) is 12.2. The molecule has 100 valence electrons. The lowest BCUT2D eigenvalue weighted by Crippen LogP contribution is -2.04. The first-order valence-electron chi connectivity index (χ1n) is 5.99. The Morgan fingerprint density at radius 1 is 1.21 bits per heavy atom. The van der Waals surface area contributed by atoms with Gasteiger partial charge in [-0.3, -0.25) is 0 Å². The molecule has 2 N–H and O–H groups in total. The van der Waals surface area contributed by atoms with Crippen LogP contribution in [0.2, 0.25) is 0 Å². The smallest absolute Gasteiger partial charge is 0.137 e. The van der Waals surface area contributed by atoms with Crippen LogP contribution in [0, 0.1) is 5.82 Å². The molecule has 0 saturated carbocycles. The minimum absolute atomic E-state index is 0.00594. The van der Waals surface area contributed by atoms with Gasteiger partial charge in [-0.15, -0.1) is 0 Å². The van der Waals surface area contributed by atoms with Crippen LogP contribution in [0.1, 0.15) is 24.1 Å². The van der Waals surface area contributed by atoms with Gasteiger partial charge in [-0.1, -0.05) is 24.3 Å². The van der Waals surface area contributed by atoms with Gasteiger partial charge in [0, 0.05) is 11.6 Å². The summed E-state index contributed by atoms with van der Waals surface area (Å²) in [5.74, 6) is 0.453. The Kier molecular flexibility index (Phi) is 4.56. The highest BCUT2D eigenvalue weighted by Gasteiger charge is 2.06. The third-order valence-electron chi connectivity index (χ3n) is 2.83. The first kappa shape index (κ1) is 14.0. The fourth-order valence-corrected chi connectivity index (χ4v) is 2.07. The molecule has 0 spiro atoms. The molecule has 0 aliphatic rings. The molecule has 0 saturated heterocycles. The Labute approximate surface area is 120 Å². The normalized spacial score (nSPS) is 12.2. The van der Waals surface area contributed by atoms with Crippen LogP contribution in [0.3, 0.4) is 0 Å². The molecule has 0 fully saturated rings. The minimum atomic E-state index is -0.284. The molecule has 0 heterocycles. The van der Waals surface area contributed by atoms with Crippen molar-refractivity contribution in [2.45, 2.75) is 19.6 Å². The highest BCUT2D eigenvalue weighted by atomic mass is 79.9. The van der Waals surface area contributed by atoms with Crippen LogP contribution in [0.5, 0.6) is 5.75 Å². The Morgan fingerprint density at radius 2 is 1.89 bits per heavy atom. The minimum Gasteiger partial charge on any atom is -0.489 e. The van der Waals surface area contributed by atoms with Gasteiger partial charge < -0.3 is 10.5 Å². The zero-order valence-electron chi connectivity index (χ0n) is 10.6. The van der Waals surface area contributed by atoms with Crippen molar-refractivity contribution in [3.63, 3.8) is 0 Å². The van der Waals surface area contributed by atoms with Gasteiger partial charge in [0.15, 0.2) is 0 Å². The van der Waals surface area contributed by atoms with E-state index < -0.39 is 0 Å². The molecule has 0 aromatic heterocycles. The fourth-order valence-electron chi connectivity index (χ4n) is 1.69. The van der Waals surface area contributed by atoms with E-state index in [1.807, 2.05) is 37.3 Å². The van der Waals surface area contributed by atoms with Gasteiger partial charge in [0.25, 0.3) is 0 Å². The molecule has 0 amide bonds. The van der Waals surface area contributed by atoms with Crippen LogP contribution >= 0.6 is 15.9 Å². The number of rotatable bonds is 4. The van der Waals surface area contributed by atoms with E-state index in [0.717, 1.165) is 16.9 Å². The Morgan fingerprint density at radius 3 is 2.53 bits per heavy atom. The summed E-state index contributed by atoms with van der Waals surface area (Å²) < 4.78 is 19.4. The van der Waals surface area contributed by atoms with Crippen molar-refractivity contribution in [3.8, 4) is 5.75 Å². The van der Waals surface area contributed by atoms with Gasteiger partial charge in [-0.25, -0.2) is 4.39 Å². The predicted molar refractivity (Wildman–Crippen MR) is 77.5 cm³/mol. The molecule has 0 radical (unpaired) electrons. The molecule has 0 aliphatic carbocycles. The number of benzene rings is 2. The Bertz CT molecular complexity index is 555. The topological polar surface area (TPSA) is 35.2 Å². The molecule has 2 nitrogen and oxygen atoms in total. The maximum absolute atomic E-state index is 13.3. The van der Waals surface area contributed by atoms with Crippen LogP contribution in [0.15, 0.2) is 46.9 Å². The van der Waals surface area contributed by atoms with E-state index >= 15 is 0 Å². The first-order valence-corrected chi connectivity index (χ1v) is 6.78. The van der Waals surface area contributed by atoms with Gasteiger partial charge in [-0.05, 0) is 46.6 Å². The number of ether oxygens (including phenoxy) is 1. The van der Waals surface area contributed by atoms with E-state index in [4.69, 9.17) is 10.5 Å². The Hall–Kier alpha value is -1.39. The van der Waals surface area contributed by atoms with E-state index in [1.165, 1.54) is 6.07 Å². The van der Waals surface area contributed by atoms with E-state index in [9.17, 15) is 4.39 Å².